The van der Waals surface area contributed by atoms with Crippen molar-refractivity contribution in [3.63, 3.8) is 0 Å². The fraction of sp³-hybridized carbons (Fsp3) is 0.576. The molecule has 6 nitrogen and oxygen atoms in total. The molecular formula is C33H53N3O3. The van der Waals surface area contributed by atoms with Crippen molar-refractivity contribution in [3.8, 4) is 0 Å². The van der Waals surface area contributed by atoms with E-state index in [0.29, 0.717) is 6.42 Å². The summed E-state index contributed by atoms with van der Waals surface area (Å²) in [5.41, 5.74) is 3.76. The number of amides is 1. The van der Waals surface area contributed by atoms with Crippen molar-refractivity contribution < 1.29 is 14.7 Å². The molecular weight excluding hydrogens is 486 g/mol. The van der Waals surface area contributed by atoms with Crippen LogP contribution in [0, 0.1) is 5.92 Å². The summed E-state index contributed by atoms with van der Waals surface area (Å²) < 4.78 is 0. The molecule has 2 unspecified atom stereocenters. The van der Waals surface area contributed by atoms with Crippen LogP contribution in [0.3, 0.4) is 0 Å². The number of unbranched alkanes of at least 4 members (excludes halogenated alkanes) is 8. The zero-order valence-electron chi connectivity index (χ0n) is 24.9. The van der Waals surface area contributed by atoms with E-state index in [-0.39, 0.29) is 17.7 Å². The van der Waals surface area contributed by atoms with Crippen LogP contribution in [0.1, 0.15) is 133 Å². The molecule has 0 radical (unpaired) electrons. The molecule has 2 atom stereocenters. The van der Waals surface area contributed by atoms with Crippen LogP contribution >= 0.6 is 0 Å². The van der Waals surface area contributed by atoms with Crippen LogP contribution in [0.5, 0.6) is 0 Å². The monoisotopic (exact) mass is 539 g/mol. The molecule has 0 aliphatic rings. The van der Waals surface area contributed by atoms with Crippen LogP contribution in [-0.2, 0) is 9.59 Å². The highest BCUT2D eigenvalue weighted by atomic mass is 16.4. The Morgan fingerprint density at radius 1 is 0.744 bits per heavy atom. The standard InChI is InChI=1S/C33H49NO3.H4N2/c1-6-7-8-9-10-11-12-13-17-21-29(33(36)37)30(26-19-15-14-16-20-26)32(35)34-31-27(24(2)3)22-18-23-28(31)25(4)5;1-2/h14-16,18-20,22-25,29-30H,6-13,17,21H2,1-5H3,(H,34,35)(H,36,37);1-2H2. The van der Waals surface area contributed by atoms with Crippen molar-refractivity contribution in [2.45, 2.75) is 117 Å². The number of carboxylic acid groups (broad SMARTS) is 1. The van der Waals surface area contributed by atoms with Gasteiger partial charge in [-0.25, -0.2) is 0 Å². The first-order valence-corrected chi connectivity index (χ1v) is 14.8. The molecule has 2 aromatic rings. The van der Waals surface area contributed by atoms with Crippen LogP contribution in [0.4, 0.5) is 5.69 Å². The average molecular weight is 540 g/mol. The number of nitrogens with two attached hydrogens (primary N) is 2. The minimum Gasteiger partial charge on any atom is -0.481 e. The maximum absolute atomic E-state index is 13.9. The Kier molecular flexibility index (Phi) is 17.1. The largest absolute Gasteiger partial charge is 0.481 e. The van der Waals surface area contributed by atoms with Gasteiger partial charge in [-0.1, -0.05) is 141 Å². The second-order valence-corrected chi connectivity index (χ2v) is 11.1. The Labute approximate surface area is 236 Å². The zero-order valence-corrected chi connectivity index (χ0v) is 24.9. The number of carbonyl (C=O) groups is 2. The Morgan fingerprint density at radius 3 is 1.69 bits per heavy atom. The summed E-state index contributed by atoms with van der Waals surface area (Å²) in [5, 5.41) is 13.5. The van der Waals surface area contributed by atoms with Crippen molar-refractivity contribution in [1.82, 2.24) is 0 Å². The minimum atomic E-state index is -0.898. The van der Waals surface area contributed by atoms with Crippen LogP contribution in [0.2, 0.25) is 0 Å². The first-order valence-electron chi connectivity index (χ1n) is 14.8. The van der Waals surface area contributed by atoms with E-state index in [9.17, 15) is 14.7 Å². The van der Waals surface area contributed by atoms with E-state index in [1.54, 1.807) is 0 Å². The molecule has 0 saturated heterocycles. The molecule has 0 spiro atoms. The Hall–Kier alpha value is -2.70. The van der Waals surface area contributed by atoms with Gasteiger partial charge in [0, 0.05) is 5.69 Å². The molecule has 0 saturated carbocycles. The molecule has 2 aromatic carbocycles. The van der Waals surface area contributed by atoms with E-state index in [0.717, 1.165) is 41.6 Å². The molecule has 6 heteroatoms. The highest BCUT2D eigenvalue weighted by Crippen LogP contribution is 2.36. The predicted octanol–water partition coefficient (Wildman–Crippen LogP) is 8.10. The summed E-state index contributed by atoms with van der Waals surface area (Å²) in [6.45, 7) is 10.7. The van der Waals surface area contributed by atoms with Gasteiger partial charge in [-0.2, -0.15) is 0 Å². The molecule has 218 valence electrons. The second-order valence-electron chi connectivity index (χ2n) is 11.1. The number of anilines is 1. The summed E-state index contributed by atoms with van der Waals surface area (Å²) >= 11 is 0. The summed E-state index contributed by atoms with van der Waals surface area (Å²) in [7, 11) is 0. The lowest BCUT2D eigenvalue weighted by molar-refractivity contribution is -0.144. The smallest absolute Gasteiger partial charge is 0.307 e. The van der Waals surface area contributed by atoms with Crippen molar-refractivity contribution in [1.29, 1.82) is 0 Å². The first-order chi connectivity index (χ1) is 18.8. The van der Waals surface area contributed by atoms with Crippen LogP contribution < -0.4 is 17.0 Å². The van der Waals surface area contributed by atoms with E-state index in [1.807, 2.05) is 36.4 Å². The third-order valence-corrected chi connectivity index (χ3v) is 7.40. The third kappa shape index (κ3) is 11.5. The van der Waals surface area contributed by atoms with Crippen molar-refractivity contribution in [2.24, 2.45) is 17.6 Å². The topological polar surface area (TPSA) is 118 Å². The van der Waals surface area contributed by atoms with Gasteiger partial charge in [0.1, 0.15) is 0 Å². The van der Waals surface area contributed by atoms with Crippen molar-refractivity contribution >= 4 is 17.6 Å². The number of aliphatic carboxylic acids is 1. The number of carbonyl (C=O) groups excluding carboxylic acids is 1. The average Bonchev–Trinajstić information content (AvgIpc) is 2.92. The molecule has 0 bridgehead atoms. The van der Waals surface area contributed by atoms with Gasteiger partial charge in [0.2, 0.25) is 5.91 Å². The van der Waals surface area contributed by atoms with Gasteiger partial charge in [-0.3, -0.25) is 21.3 Å². The maximum atomic E-state index is 13.9. The predicted molar refractivity (Wildman–Crippen MR) is 164 cm³/mol. The van der Waals surface area contributed by atoms with Crippen molar-refractivity contribution in [3.05, 3.63) is 65.2 Å². The number of benzene rings is 2. The molecule has 0 aliphatic carbocycles. The van der Waals surface area contributed by atoms with E-state index in [2.05, 4.69) is 63.8 Å². The number of hydrogen-bond donors (Lipinski definition) is 4. The molecule has 39 heavy (non-hydrogen) atoms. The summed E-state index contributed by atoms with van der Waals surface area (Å²) in [4.78, 5) is 26.4. The second kappa shape index (κ2) is 19.4. The number of nitrogens with one attached hydrogen (secondary N) is 1. The SMILES string of the molecule is CCCCCCCCCCCC(C(=O)O)C(C(=O)Nc1c(C(C)C)cccc1C(C)C)c1ccccc1.NN. The molecule has 1 amide bonds. The number of para-hydroxylation sites is 1. The molecule has 2 rings (SSSR count). The lowest BCUT2D eigenvalue weighted by Gasteiger charge is -2.26. The van der Waals surface area contributed by atoms with Crippen LogP contribution in [0.15, 0.2) is 48.5 Å². The fourth-order valence-corrected chi connectivity index (χ4v) is 5.23. The zero-order chi connectivity index (χ0) is 29.2. The van der Waals surface area contributed by atoms with Gasteiger partial charge in [0.25, 0.3) is 0 Å². The fourth-order valence-electron chi connectivity index (χ4n) is 5.23. The lowest BCUT2D eigenvalue weighted by atomic mass is 9.81. The van der Waals surface area contributed by atoms with Gasteiger partial charge >= 0.3 is 5.97 Å². The summed E-state index contributed by atoms with van der Waals surface area (Å²) in [6.07, 6.45) is 11.1. The van der Waals surface area contributed by atoms with E-state index >= 15 is 0 Å². The summed E-state index contributed by atoms with van der Waals surface area (Å²) in [6, 6.07) is 15.6. The highest BCUT2D eigenvalue weighted by Gasteiger charge is 2.35. The lowest BCUT2D eigenvalue weighted by Crippen LogP contribution is -2.33. The van der Waals surface area contributed by atoms with Crippen molar-refractivity contribution in [2.75, 3.05) is 5.32 Å². The third-order valence-electron chi connectivity index (χ3n) is 7.40. The van der Waals surface area contributed by atoms with Gasteiger partial charge in [-0.15, -0.1) is 0 Å². The number of hydrogen-bond acceptors (Lipinski definition) is 4. The highest BCUT2D eigenvalue weighted by molar-refractivity contribution is 5.99. The maximum Gasteiger partial charge on any atom is 0.307 e. The Morgan fingerprint density at radius 2 is 1.23 bits per heavy atom. The van der Waals surface area contributed by atoms with Gasteiger partial charge in [-0.05, 0) is 34.9 Å². The molecule has 0 aromatic heterocycles. The van der Waals surface area contributed by atoms with Crippen LogP contribution in [0.25, 0.3) is 0 Å². The van der Waals surface area contributed by atoms with E-state index in [1.165, 1.54) is 38.5 Å². The summed E-state index contributed by atoms with van der Waals surface area (Å²) in [5.74, 6) is 5.84. The van der Waals surface area contributed by atoms with Gasteiger partial charge in [0.15, 0.2) is 0 Å². The Balaban J connectivity index is 0.00000371. The number of hydrazine groups is 1. The first kappa shape index (κ1) is 34.3. The Bertz CT molecular complexity index is 934. The molecule has 0 fully saturated rings. The number of rotatable bonds is 17. The molecule has 0 aliphatic heterocycles. The number of carboxylic acids is 1. The van der Waals surface area contributed by atoms with Crippen LogP contribution in [-0.4, -0.2) is 17.0 Å². The van der Waals surface area contributed by atoms with E-state index < -0.39 is 17.8 Å². The van der Waals surface area contributed by atoms with Gasteiger partial charge < -0.3 is 10.4 Å². The molecule has 0 heterocycles. The molecule has 6 N–H and O–H groups in total. The van der Waals surface area contributed by atoms with Gasteiger partial charge in [0.05, 0.1) is 11.8 Å². The normalized spacial score (nSPS) is 12.5. The minimum absolute atomic E-state index is 0.232. The van der Waals surface area contributed by atoms with E-state index in [4.69, 9.17) is 0 Å². The quantitative estimate of drug-likeness (QED) is 0.0920.